The second kappa shape index (κ2) is 7.02. The molecule has 4 heteroatoms. The van der Waals surface area contributed by atoms with E-state index in [2.05, 4.69) is 6.07 Å². The van der Waals surface area contributed by atoms with E-state index in [0.29, 0.717) is 19.1 Å². The van der Waals surface area contributed by atoms with Crippen LogP contribution >= 0.6 is 11.8 Å². The van der Waals surface area contributed by atoms with Crippen molar-refractivity contribution in [1.82, 2.24) is 0 Å². The molecule has 1 aromatic carbocycles. The van der Waals surface area contributed by atoms with Gasteiger partial charge in [0.05, 0.1) is 6.61 Å². The van der Waals surface area contributed by atoms with E-state index < -0.39 is 0 Å². The lowest BCUT2D eigenvalue weighted by Crippen LogP contribution is -2.22. The number of hydrogen-bond donors (Lipinski definition) is 1. The fourth-order valence-electron chi connectivity index (χ4n) is 2.21. The van der Waals surface area contributed by atoms with E-state index >= 15 is 0 Å². The molecule has 2 unspecified atom stereocenters. The van der Waals surface area contributed by atoms with Gasteiger partial charge in [-0.05, 0) is 29.9 Å². The maximum atomic E-state index is 6.38. The van der Waals surface area contributed by atoms with Crippen LogP contribution in [0.1, 0.15) is 18.0 Å². The van der Waals surface area contributed by atoms with Gasteiger partial charge in [-0.3, -0.25) is 0 Å². The summed E-state index contributed by atoms with van der Waals surface area (Å²) in [5, 5.41) is 0. The highest BCUT2D eigenvalue weighted by Gasteiger charge is 2.25. The fourth-order valence-corrected chi connectivity index (χ4v) is 3.53. The van der Waals surface area contributed by atoms with Gasteiger partial charge in [0.15, 0.2) is 0 Å². The molecule has 2 rings (SSSR count). The first-order valence-corrected chi connectivity index (χ1v) is 7.52. The van der Waals surface area contributed by atoms with E-state index in [0.717, 1.165) is 17.1 Å². The van der Waals surface area contributed by atoms with Gasteiger partial charge in [-0.2, -0.15) is 11.8 Å². The van der Waals surface area contributed by atoms with E-state index in [4.69, 9.17) is 15.2 Å². The minimum absolute atomic E-state index is 0.0822. The third-order valence-electron chi connectivity index (χ3n) is 3.30. The van der Waals surface area contributed by atoms with Gasteiger partial charge >= 0.3 is 0 Å². The molecule has 1 aliphatic heterocycles. The molecule has 100 valence electrons. The molecule has 1 fully saturated rings. The molecule has 2 atom stereocenters. The molecule has 0 aliphatic carbocycles. The van der Waals surface area contributed by atoms with Crippen molar-refractivity contribution in [2.75, 3.05) is 31.8 Å². The molecule has 0 aromatic heterocycles. The highest BCUT2D eigenvalue weighted by Crippen LogP contribution is 2.36. The van der Waals surface area contributed by atoms with Crippen LogP contribution in [0.2, 0.25) is 0 Å². The lowest BCUT2D eigenvalue weighted by atomic mass is 9.93. The normalized spacial score (nSPS) is 20.9. The molecular formula is C14H21NO2S. The molecule has 1 saturated heterocycles. The van der Waals surface area contributed by atoms with E-state index in [1.807, 2.05) is 30.0 Å². The van der Waals surface area contributed by atoms with Crippen molar-refractivity contribution in [1.29, 1.82) is 0 Å². The van der Waals surface area contributed by atoms with Crippen LogP contribution in [0.4, 0.5) is 0 Å². The van der Waals surface area contributed by atoms with Gasteiger partial charge < -0.3 is 15.2 Å². The number of rotatable bonds is 6. The van der Waals surface area contributed by atoms with Gasteiger partial charge in [-0.1, -0.05) is 18.2 Å². The number of hydrogen-bond acceptors (Lipinski definition) is 4. The molecule has 3 nitrogen and oxygen atoms in total. The first kappa shape index (κ1) is 13.7. The summed E-state index contributed by atoms with van der Waals surface area (Å²) in [6, 6.07) is 8.17. The Labute approximate surface area is 113 Å². The Morgan fingerprint density at radius 3 is 2.94 bits per heavy atom. The summed E-state index contributed by atoms with van der Waals surface area (Å²) in [4.78, 5) is 0. The maximum Gasteiger partial charge on any atom is 0.124 e. The summed E-state index contributed by atoms with van der Waals surface area (Å²) in [6.45, 7) is 1.17. The van der Waals surface area contributed by atoms with Crippen LogP contribution < -0.4 is 10.5 Å². The molecule has 0 amide bonds. The molecule has 18 heavy (non-hydrogen) atoms. The first-order chi connectivity index (χ1) is 8.83. The number of ether oxygens (including phenoxy) is 2. The van der Waals surface area contributed by atoms with E-state index in [-0.39, 0.29) is 6.04 Å². The van der Waals surface area contributed by atoms with Crippen LogP contribution in [-0.2, 0) is 4.74 Å². The highest BCUT2D eigenvalue weighted by molar-refractivity contribution is 7.99. The zero-order valence-electron chi connectivity index (χ0n) is 10.8. The average Bonchev–Trinajstić information content (AvgIpc) is 2.93. The lowest BCUT2D eigenvalue weighted by Gasteiger charge is -2.21. The molecular weight excluding hydrogens is 246 g/mol. The molecule has 0 bridgehead atoms. The quantitative estimate of drug-likeness (QED) is 0.804. The average molecular weight is 267 g/mol. The minimum atomic E-state index is 0.0822. The Kier molecular flexibility index (Phi) is 5.35. The molecule has 0 spiro atoms. The number of benzene rings is 1. The van der Waals surface area contributed by atoms with Crippen molar-refractivity contribution < 1.29 is 9.47 Å². The fraction of sp³-hybridized carbons (Fsp3) is 0.571. The third kappa shape index (κ3) is 3.40. The summed E-state index contributed by atoms with van der Waals surface area (Å²) in [5.74, 6) is 3.86. The second-order valence-electron chi connectivity index (χ2n) is 4.53. The van der Waals surface area contributed by atoms with Gasteiger partial charge in [0.2, 0.25) is 0 Å². The van der Waals surface area contributed by atoms with Crippen molar-refractivity contribution in [3.63, 3.8) is 0 Å². The van der Waals surface area contributed by atoms with Gasteiger partial charge in [0.25, 0.3) is 0 Å². The van der Waals surface area contributed by atoms with Crippen molar-refractivity contribution in [2.24, 2.45) is 11.7 Å². The van der Waals surface area contributed by atoms with Gasteiger partial charge in [-0.25, -0.2) is 0 Å². The standard InChI is InChI=1S/C14H21NO2S/c1-16-7-8-17-13-5-3-2-4-12(13)14(15)11-6-9-18-10-11/h2-5,11,14H,6-10,15H2,1H3. The topological polar surface area (TPSA) is 44.5 Å². The Hall–Kier alpha value is -0.710. The zero-order chi connectivity index (χ0) is 12.8. The first-order valence-electron chi connectivity index (χ1n) is 6.37. The maximum absolute atomic E-state index is 6.38. The monoisotopic (exact) mass is 267 g/mol. The largest absolute Gasteiger partial charge is 0.491 e. The van der Waals surface area contributed by atoms with Crippen molar-refractivity contribution in [2.45, 2.75) is 12.5 Å². The van der Waals surface area contributed by atoms with Crippen molar-refractivity contribution in [3.8, 4) is 5.75 Å². The molecule has 2 N–H and O–H groups in total. The third-order valence-corrected chi connectivity index (χ3v) is 4.48. The van der Waals surface area contributed by atoms with Crippen molar-refractivity contribution >= 4 is 11.8 Å². The Bertz CT molecular complexity index is 367. The predicted molar refractivity (Wildman–Crippen MR) is 76.2 cm³/mol. The number of thioether (sulfide) groups is 1. The molecule has 1 aromatic rings. The van der Waals surface area contributed by atoms with Crippen LogP contribution in [0, 0.1) is 5.92 Å². The number of methoxy groups -OCH3 is 1. The summed E-state index contributed by atoms with van der Waals surface area (Å²) in [7, 11) is 1.68. The SMILES string of the molecule is COCCOc1ccccc1C(N)C1CCSC1. The van der Waals surface area contributed by atoms with Gasteiger partial charge in [0, 0.05) is 18.7 Å². The van der Waals surface area contributed by atoms with E-state index in [1.165, 1.54) is 12.2 Å². The summed E-state index contributed by atoms with van der Waals surface area (Å²) in [6.07, 6.45) is 1.21. The minimum Gasteiger partial charge on any atom is -0.491 e. The molecule has 1 heterocycles. The molecule has 0 radical (unpaired) electrons. The van der Waals surface area contributed by atoms with Gasteiger partial charge in [0.1, 0.15) is 12.4 Å². The van der Waals surface area contributed by atoms with Crippen LogP contribution in [0.25, 0.3) is 0 Å². The van der Waals surface area contributed by atoms with E-state index in [1.54, 1.807) is 7.11 Å². The Morgan fingerprint density at radius 1 is 1.39 bits per heavy atom. The summed E-state index contributed by atoms with van der Waals surface area (Å²) < 4.78 is 10.8. The smallest absolute Gasteiger partial charge is 0.124 e. The van der Waals surface area contributed by atoms with Crippen LogP contribution in [0.15, 0.2) is 24.3 Å². The van der Waals surface area contributed by atoms with E-state index in [9.17, 15) is 0 Å². The van der Waals surface area contributed by atoms with Crippen LogP contribution in [0.3, 0.4) is 0 Å². The highest BCUT2D eigenvalue weighted by atomic mass is 32.2. The summed E-state index contributed by atoms with van der Waals surface area (Å²) in [5.41, 5.74) is 7.51. The van der Waals surface area contributed by atoms with Crippen LogP contribution in [0.5, 0.6) is 5.75 Å². The van der Waals surface area contributed by atoms with Crippen LogP contribution in [-0.4, -0.2) is 31.8 Å². The Morgan fingerprint density at radius 2 is 2.22 bits per heavy atom. The number of nitrogens with two attached hydrogens (primary N) is 1. The number of para-hydroxylation sites is 1. The predicted octanol–water partition coefficient (Wildman–Crippen LogP) is 2.46. The van der Waals surface area contributed by atoms with Gasteiger partial charge in [-0.15, -0.1) is 0 Å². The molecule has 1 aliphatic rings. The lowest BCUT2D eigenvalue weighted by molar-refractivity contribution is 0.145. The second-order valence-corrected chi connectivity index (χ2v) is 5.68. The zero-order valence-corrected chi connectivity index (χ0v) is 11.6. The summed E-state index contributed by atoms with van der Waals surface area (Å²) >= 11 is 1.99. The molecule has 0 saturated carbocycles. The van der Waals surface area contributed by atoms with Crippen molar-refractivity contribution in [3.05, 3.63) is 29.8 Å². The Balaban J connectivity index is 2.05.